The number of rotatable bonds is 6. The molecule has 3 N–H and O–H groups in total. The first-order valence-electron chi connectivity index (χ1n) is 8.23. The smallest absolute Gasteiger partial charge is 0.322 e. The number of carbonyl (C=O) groups is 2. The summed E-state index contributed by atoms with van der Waals surface area (Å²) in [5, 5.41) is 31.1. The lowest BCUT2D eigenvalue weighted by Gasteiger charge is -2.11. The van der Waals surface area contributed by atoms with Crippen molar-refractivity contribution in [2.45, 2.75) is 6.61 Å². The van der Waals surface area contributed by atoms with Crippen molar-refractivity contribution in [3.63, 3.8) is 0 Å². The Morgan fingerprint density at radius 2 is 1.89 bits per heavy atom. The Bertz CT molecular complexity index is 1090. The molecule has 0 unspecified atom stereocenters. The largest absolute Gasteiger partial charge is 0.505 e. The third-order valence-corrected chi connectivity index (χ3v) is 3.92. The number of nitrogens with one attached hydrogen (secondary N) is 1. The van der Waals surface area contributed by atoms with Gasteiger partial charge in [-0.3, -0.25) is 9.59 Å². The quantitative estimate of drug-likeness (QED) is 0.600. The van der Waals surface area contributed by atoms with Crippen molar-refractivity contribution in [1.82, 2.24) is 10.3 Å². The molecule has 0 aliphatic rings. The van der Waals surface area contributed by atoms with Crippen molar-refractivity contribution in [3.05, 3.63) is 65.5 Å². The van der Waals surface area contributed by atoms with Crippen LogP contribution in [0.15, 0.2) is 48.5 Å². The number of pyridine rings is 1. The van der Waals surface area contributed by atoms with Gasteiger partial charge in [0.25, 0.3) is 5.91 Å². The molecule has 0 radical (unpaired) electrons. The molecule has 8 nitrogen and oxygen atoms in total. The van der Waals surface area contributed by atoms with Crippen LogP contribution in [0.1, 0.15) is 21.7 Å². The number of aromatic hydroxyl groups is 1. The second-order valence-electron chi connectivity index (χ2n) is 5.83. The Balaban J connectivity index is 1.93. The molecule has 0 spiro atoms. The number of carbonyl (C=O) groups excluding carboxylic acids is 1. The fraction of sp³-hybridized carbons (Fsp3) is 0.100. The first-order valence-corrected chi connectivity index (χ1v) is 8.23. The Morgan fingerprint density at radius 1 is 1.14 bits per heavy atom. The molecule has 0 saturated heterocycles. The van der Waals surface area contributed by atoms with E-state index in [1.54, 1.807) is 12.1 Å². The van der Waals surface area contributed by atoms with Crippen molar-refractivity contribution >= 4 is 22.6 Å². The zero-order chi connectivity index (χ0) is 20.1. The summed E-state index contributed by atoms with van der Waals surface area (Å²) in [5.41, 5.74) is 0.469. The summed E-state index contributed by atoms with van der Waals surface area (Å²) < 4.78 is 5.72. The molecule has 0 bridgehead atoms. The van der Waals surface area contributed by atoms with E-state index in [1.807, 2.05) is 36.4 Å². The zero-order valence-electron chi connectivity index (χ0n) is 14.5. The minimum atomic E-state index is -1.24. The molecule has 2 aromatic carbocycles. The maximum Gasteiger partial charge on any atom is 0.322 e. The number of nitrogens with zero attached hydrogens (tertiary/aromatic N) is 2. The molecule has 8 heteroatoms. The number of ether oxygens (including phenoxy) is 1. The number of aliphatic carboxylic acids is 1. The SMILES string of the molecule is N#Cc1nc(C(=O)NCC(=O)O)c(O)c2ccc(OCc3ccccc3)cc12. The van der Waals surface area contributed by atoms with E-state index >= 15 is 0 Å². The van der Waals surface area contributed by atoms with Crippen LogP contribution in [0.5, 0.6) is 11.5 Å². The number of nitriles is 1. The Morgan fingerprint density at radius 3 is 2.57 bits per heavy atom. The standard InChI is InChI=1S/C20H15N3O5/c21-9-16-15-8-13(28-11-12-4-2-1-3-5-12)6-7-14(15)19(26)18(23-16)20(27)22-10-17(24)25/h1-8,26H,10-11H2,(H,22,27)(H,24,25). The van der Waals surface area contributed by atoms with Crippen molar-refractivity contribution < 1.29 is 24.5 Å². The van der Waals surface area contributed by atoms with Gasteiger partial charge in [-0.05, 0) is 23.8 Å². The molecule has 0 saturated carbocycles. The van der Waals surface area contributed by atoms with Gasteiger partial charge in [0.05, 0.1) is 0 Å². The first kappa shape index (κ1) is 18.7. The highest BCUT2D eigenvalue weighted by atomic mass is 16.5. The highest BCUT2D eigenvalue weighted by Crippen LogP contribution is 2.32. The van der Waals surface area contributed by atoms with Gasteiger partial charge in [0.2, 0.25) is 0 Å². The lowest BCUT2D eigenvalue weighted by atomic mass is 10.1. The Hall–Kier alpha value is -4.12. The molecule has 28 heavy (non-hydrogen) atoms. The topological polar surface area (TPSA) is 133 Å². The molecule has 140 valence electrons. The fourth-order valence-electron chi connectivity index (χ4n) is 2.59. The number of carboxylic acid groups (broad SMARTS) is 1. The van der Waals surface area contributed by atoms with E-state index in [0.29, 0.717) is 17.7 Å². The lowest BCUT2D eigenvalue weighted by molar-refractivity contribution is -0.135. The molecular weight excluding hydrogens is 362 g/mol. The van der Waals surface area contributed by atoms with Crippen LogP contribution in [0.3, 0.4) is 0 Å². The van der Waals surface area contributed by atoms with Gasteiger partial charge in [0, 0.05) is 10.8 Å². The van der Waals surface area contributed by atoms with E-state index in [1.165, 1.54) is 6.07 Å². The predicted molar refractivity (Wildman–Crippen MR) is 98.9 cm³/mol. The monoisotopic (exact) mass is 377 g/mol. The fourth-order valence-corrected chi connectivity index (χ4v) is 2.59. The van der Waals surface area contributed by atoms with Gasteiger partial charge in [0.1, 0.15) is 30.7 Å². The van der Waals surface area contributed by atoms with E-state index in [0.717, 1.165) is 5.56 Å². The van der Waals surface area contributed by atoms with Crippen LogP contribution in [0.2, 0.25) is 0 Å². The van der Waals surface area contributed by atoms with Crippen LogP contribution < -0.4 is 10.1 Å². The first-order chi connectivity index (χ1) is 13.5. The summed E-state index contributed by atoms with van der Waals surface area (Å²) in [6.45, 7) is -0.310. The normalized spacial score (nSPS) is 10.2. The van der Waals surface area contributed by atoms with Gasteiger partial charge in [0.15, 0.2) is 11.4 Å². The van der Waals surface area contributed by atoms with Crippen molar-refractivity contribution in [2.75, 3.05) is 6.54 Å². The van der Waals surface area contributed by atoms with Gasteiger partial charge >= 0.3 is 5.97 Å². The second-order valence-corrected chi connectivity index (χ2v) is 5.83. The number of benzene rings is 2. The van der Waals surface area contributed by atoms with Crippen LogP contribution in [-0.4, -0.2) is 33.6 Å². The average molecular weight is 377 g/mol. The minimum Gasteiger partial charge on any atom is -0.505 e. The van der Waals surface area contributed by atoms with Crippen LogP contribution in [-0.2, 0) is 11.4 Å². The highest BCUT2D eigenvalue weighted by molar-refractivity contribution is 6.03. The third-order valence-electron chi connectivity index (χ3n) is 3.92. The van der Waals surface area contributed by atoms with E-state index in [4.69, 9.17) is 9.84 Å². The molecule has 1 aromatic heterocycles. The number of fused-ring (bicyclic) bond motifs is 1. The highest BCUT2D eigenvalue weighted by Gasteiger charge is 2.20. The van der Waals surface area contributed by atoms with Gasteiger partial charge in [-0.1, -0.05) is 30.3 Å². The Labute approximate surface area is 159 Å². The Kier molecular flexibility index (Phi) is 5.37. The van der Waals surface area contributed by atoms with Crippen LogP contribution in [0.4, 0.5) is 0 Å². The molecule has 0 aliphatic carbocycles. The number of amides is 1. The second kappa shape index (κ2) is 8.05. The number of hydrogen-bond donors (Lipinski definition) is 3. The average Bonchev–Trinajstić information content (AvgIpc) is 2.71. The van der Waals surface area contributed by atoms with Crippen molar-refractivity contribution in [1.29, 1.82) is 5.26 Å². The molecule has 1 amide bonds. The molecule has 0 aliphatic heterocycles. The summed E-state index contributed by atoms with van der Waals surface area (Å²) in [6, 6.07) is 16.1. The number of aromatic nitrogens is 1. The summed E-state index contributed by atoms with van der Waals surface area (Å²) in [5.74, 6) is -2.10. The summed E-state index contributed by atoms with van der Waals surface area (Å²) in [4.78, 5) is 26.6. The van der Waals surface area contributed by atoms with Crippen LogP contribution in [0.25, 0.3) is 10.8 Å². The van der Waals surface area contributed by atoms with E-state index in [-0.39, 0.29) is 11.1 Å². The number of carboxylic acids is 1. The molecule has 0 atom stereocenters. The van der Waals surface area contributed by atoms with Gasteiger partial charge in [-0.15, -0.1) is 0 Å². The maximum atomic E-state index is 12.1. The van der Waals surface area contributed by atoms with E-state index < -0.39 is 29.9 Å². The molecule has 0 fully saturated rings. The zero-order valence-corrected chi connectivity index (χ0v) is 14.5. The van der Waals surface area contributed by atoms with Crippen molar-refractivity contribution in [3.8, 4) is 17.6 Å². The lowest BCUT2D eigenvalue weighted by Crippen LogP contribution is -2.30. The molecular formula is C20H15N3O5. The number of hydrogen-bond acceptors (Lipinski definition) is 6. The van der Waals surface area contributed by atoms with E-state index in [9.17, 15) is 20.0 Å². The van der Waals surface area contributed by atoms with E-state index in [2.05, 4.69) is 10.3 Å². The maximum absolute atomic E-state index is 12.1. The van der Waals surface area contributed by atoms with Gasteiger partial charge in [-0.25, -0.2) is 4.98 Å². The molecule has 1 heterocycles. The minimum absolute atomic E-state index is 0.0848. The van der Waals surface area contributed by atoms with Crippen LogP contribution in [0, 0.1) is 11.3 Å². The van der Waals surface area contributed by atoms with Gasteiger partial charge < -0.3 is 20.3 Å². The molecule has 3 aromatic rings. The summed E-state index contributed by atoms with van der Waals surface area (Å²) in [6.07, 6.45) is 0. The summed E-state index contributed by atoms with van der Waals surface area (Å²) in [7, 11) is 0. The molecule has 3 rings (SSSR count). The predicted octanol–water partition coefficient (Wildman–Crippen LogP) is 2.21. The third kappa shape index (κ3) is 3.99. The van der Waals surface area contributed by atoms with Gasteiger partial charge in [-0.2, -0.15) is 5.26 Å². The van der Waals surface area contributed by atoms with Crippen LogP contribution >= 0.6 is 0 Å². The summed E-state index contributed by atoms with van der Waals surface area (Å²) >= 11 is 0. The van der Waals surface area contributed by atoms with Crippen molar-refractivity contribution in [2.24, 2.45) is 0 Å².